The summed E-state index contributed by atoms with van der Waals surface area (Å²) in [5.41, 5.74) is 7.02. The first-order valence-electron chi connectivity index (χ1n) is 20.2. The van der Waals surface area contributed by atoms with Crippen LogP contribution in [0, 0.1) is 0 Å². The molecule has 0 saturated heterocycles. The van der Waals surface area contributed by atoms with Gasteiger partial charge < -0.3 is 0 Å². The molecule has 0 amide bonds. The molecule has 0 spiro atoms. The predicted octanol–water partition coefficient (Wildman–Crippen LogP) is 14.8. The maximum absolute atomic E-state index is 2.67. The fraction of sp³-hybridized carbons (Fsp3) is 0.707. The first kappa shape index (κ1) is 49.9. The van der Waals surface area contributed by atoms with Crippen LogP contribution in [0.5, 0.6) is 0 Å². The summed E-state index contributed by atoms with van der Waals surface area (Å²) in [6, 6.07) is 15.5. The Hall–Kier alpha value is 1.76. The topological polar surface area (TPSA) is 0 Å². The monoisotopic (exact) mass is 1070 g/mol. The third-order valence-electron chi connectivity index (χ3n) is 10.8. The Morgan fingerprint density at radius 1 is 0.327 bits per heavy atom. The minimum atomic E-state index is -1.50. The second kappa shape index (κ2) is 17.2. The summed E-state index contributed by atoms with van der Waals surface area (Å²) < 4.78 is 0.598. The molecule has 0 aliphatic heterocycles. The fourth-order valence-electron chi connectivity index (χ4n) is 11.5. The molecule has 0 saturated carbocycles. The van der Waals surface area contributed by atoms with Crippen molar-refractivity contribution in [3.05, 3.63) is 58.7 Å². The third kappa shape index (κ3) is 12.9. The molecule has 0 unspecified atom stereocenters. The molecule has 0 heterocycles. The summed E-state index contributed by atoms with van der Waals surface area (Å²) in [5.74, 6) is 0. The van der Waals surface area contributed by atoms with E-state index in [0.717, 1.165) is 45.4 Å². The molecule has 0 aliphatic rings. The van der Waals surface area contributed by atoms with Crippen LogP contribution in [0.4, 0.5) is 0 Å². The molecule has 0 nitrogen and oxygen atoms in total. The summed E-state index contributed by atoms with van der Waals surface area (Å²) >= 11 is 5.59. The second-order valence-electron chi connectivity index (χ2n) is 24.8. The molecule has 0 N–H and O–H groups in total. The molecule has 0 radical (unpaired) electrons. The SMILES string of the molecule is C[Si](C)(C)C(c1cccc(C([Si](C)(C)C)[Si](C)(C)C)c1S[CH]([BiH2])Sc1c(C([Si](C)(C)C)[Si](C)(C)C)cccc1C([Si](C)(C)C)[Si](C)(C)C)[Si](C)(C)C. The van der Waals surface area contributed by atoms with Crippen LogP contribution in [0.25, 0.3) is 0 Å². The van der Waals surface area contributed by atoms with Crippen LogP contribution in [0.2, 0.25) is 157 Å². The first-order chi connectivity index (χ1) is 22.8. The van der Waals surface area contributed by atoms with E-state index >= 15 is 0 Å². The van der Waals surface area contributed by atoms with Crippen LogP contribution in [0.3, 0.4) is 0 Å². The van der Waals surface area contributed by atoms with Crippen LogP contribution in [0.15, 0.2) is 46.2 Å². The van der Waals surface area contributed by atoms with Gasteiger partial charge in [-0.3, -0.25) is 0 Å². The summed E-state index contributed by atoms with van der Waals surface area (Å²) in [6.45, 7) is 64.1. The van der Waals surface area contributed by atoms with Gasteiger partial charge in [-0.25, -0.2) is 0 Å². The van der Waals surface area contributed by atoms with Gasteiger partial charge in [0.15, 0.2) is 0 Å². The molecular formula is C41H85BiS2Si8. The van der Waals surface area contributed by atoms with Crippen molar-refractivity contribution in [2.75, 3.05) is 0 Å². The van der Waals surface area contributed by atoms with E-state index in [9.17, 15) is 0 Å². The van der Waals surface area contributed by atoms with E-state index in [0.29, 0.717) is 2.29 Å². The molecule has 0 bridgehead atoms. The molecule has 2 aromatic carbocycles. The maximum atomic E-state index is 2.67. The van der Waals surface area contributed by atoms with E-state index < -0.39 is 64.6 Å². The summed E-state index contributed by atoms with van der Waals surface area (Å²) in [7, 11) is -12.0. The zero-order chi connectivity index (χ0) is 41.0. The van der Waals surface area contributed by atoms with Crippen LogP contribution in [-0.2, 0) is 0 Å². The third-order valence-corrected chi connectivity index (χ3v) is 53.6. The average molecular weight is 1080 g/mol. The van der Waals surface area contributed by atoms with Gasteiger partial charge in [0.05, 0.1) is 0 Å². The number of thioether (sulfide) groups is 2. The zero-order valence-corrected chi connectivity index (χ0v) is 52.9. The van der Waals surface area contributed by atoms with E-state index in [4.69, 9.17) is 0 Å². The standard InChI is InChI=1S/C41H83S2Si8.Bi.2H/c1-44(2,3)38(45(4,5)6)32-27-25-28-33(39(46(7,8)9)47(10,11)12)36(32)42-31-43-37-34(40(48(13,14)15)49(16,17)18)29-26-30-35(37)41(50(19,20)21)51(22,23)24;;;/h25-31,38-41H,1-24H3;;;. The normalized spacial score (nSPS) is 14.9. The Morgan fingerprint density at radius 3 is 0.615 bits per heavy atom. The van der Waals surface area contributed by atoms with Gasteiger partial charge in [-0.05, 0) is 0 Å². The molecule has 11 heteroatoms. The summed E-state index contributed by atoms with van der Waals surface area (Å²) in [4.78, 5) is 3.48. The van der Waals surface area contributed by atoms with Crippen LogP contribution in [0.1, 0.15) is 42.9 Å². The molecule has 0 aromatic heterocycles. The van der Waals surface area contributed by atoms with Crippen molar-refractivity contribution in [2.24, 2.45) is 0 Å². The number of benzene rings is 2. The Balaban J connectivity index is 3.10. The van der Waals surface area contributed by atoms with E-state index in [-0.39, 0.29) is 0 Å². The van der Waals surface area contributed by atoms with E-state index in [1.165, 1.54) is 0 Å². The van der Waals surface area contributed by atoms with Gasteiger partial charge in [-0.1, -0.05) is 0 Å². The minimum absolute atomic E-state index is 0.598. The second-order valence-corrected chi connectivity index (χ2v) is 78.5. The van der Waals surface area contributed by atoms with Gasteiger partial charge in [0.2, 0.25) is 0 Å². The van der Waals surface area contributed by atoms with Crippen LogP contribution < -0.4 is 0 Å². The van der Waals surface area contributed by atoms with E-state index in [1.807, 2.05) is 0 Å². The van der Waals surface area contributed by atoms with Crippen molar-refractivity contribution < 1.29 is 0 Å². The molecule has 52 heavy (non-hydrogen) atoms. The molecule has 0 aliphatic carbocycles. The summed E-state index contributed by atoms with van der Waals surface area (Å²) in [6.07, 6.45) is 0. The van der Waals surface area contributed by atoms with Crippen molar-refractivity contribution in [3.8, 4) is 0 Å². The molecule has 2 rings (SSSR count). The quantitative estimate of drug-likeness (QED) is 0.0933. The number of rotatable bonds is 16. The fourth-order valence-corrected chi connectivity index (χ4v) is 69.0. The predicted molar refractivity (Wildman–Crippen MR) is 275 cm³/mol. The zero-order valence-electron chi connectivity index (χ0n) is 38.7. The Bertz CT molecular complexity index is 1240. The number of hydrogen-bond donors (Lipinski definition) is 0. The van der Waals surface area contributed by atoms with Crippen molar-refractivity contribution in [2.45, 2.75) is 190 Å². The van der Waals surface area contributed by atoms with Gasteiger partial charge in [0.1, 0.15) is 0 Å². The van der Waals surface area contributed by atoms with Gasteiger partial charge in [0.25, 0.3) is 0 Å². The van der Waals surface area contributed by atoms with Crippen molar-refractivity contribution in [3.63, 3.8) is 0 Å². The Kier molecular flexibility index (Phi) is 16.5. The van der Waals surface area contributed by atoms with Gasteiger partial charge in [0, 0.05) is 0 Å². The van der Waals surface area contributed by atoms with Gasteiger partial charge in [-0.15, -0.1) is 0 Å². The van der Waals surface area contributed by atoms with Crippen molar-refractivity contribution in [1.82, 2.24) is 0 Å². The summed E-state index contributed by atoms with van der Waals surface area (Å²) in [5, 5.41) is 3.01. The van der Waals surface area contributed by atoms with Crippen LogP contribution in [-0.4, -0.2) is 91.6 Å². The molecule has 298 valence electrons. The molecular weight excluding hydrogens is 990 g/mol. The number of hydrogen-bond acceptors (Lipinski definition) is 2. The van der Waals surface area contributed by atoms with Gasteiger partial charge >= 0.3 is 361 Å². The first-order valence-corrected chi connectivity index (χ1v) is 53.1. The Labute approximate surface area is 357 Å². The van der Waals surface area contributed by atoms with Crippen LogP contribution >= 0.6 is 23.5 Å². The molecule has 0 fully saturated rings. The van der Waals surface area contributed by atoms with Crippen molar-refractivity contribution >= 4 is 113 Å². The Morgan fingerprint density at radius 2 is 0.481 bits per heavy atom. The average Bonchev–Trinajstić information content (AvgIpc) is 2.80. The molecule has 0 atom stereocenters. The van der Waals surface area contributed by atoms with E-state index in [1.54, 1.807) is 32.0 Å². The molecule has 2 aromatic rings. The van der Waals surface area contributed by atoms with Crippen molar-refractivity contribution in [1.29, 1.82) is 0 Å². The van der Waals surface area contributed by atoms with Gasteiger partial charge in [-0.2, -0.15) is 0 Å². The van der Waals surface area contributed by atoms with E-state index in [2.05, 4.69) is 217 Å².